The molecule has 21 heavy (non-hydrogen) atoms. The zero-order valence-electron chi connectivity index (χ0n) is 11.6. The Balaban J connectivity index is 0.00000220. The van der Waals surface area contributed by atoms with Gasteiger partial charge in [-0.3, -0.25) is 0 Å². The van der Waals surface area contributed by atoms with Gasteiger partial charge in [-0.2, -0.15) is 10.2 Å². The van der Waals surface area contributed by atoms with Crippen LogP contribution in [0.2, 0.25) is 0 Å². The molecule has 0 unspecified atom stereocenters. The summed E-state index contributed by atoms with van der Waals surface area (Å²) in [6.45, 7) is 1.95. The largest absolute Gasteiger partial charge is 1.00 e. The molecule has 104 valence electrons. The molecule has 0 aromatic heterocycles. The third kappa shape index (κ3) is 4.90. The quantitative estimate of drug-likeness (QED) is 0.369. The summed E-state index contributed by atoms with van der Waals surface area (Å²) in [5.74, 6) is 0. The van der Waals surface area contributed by atoms with E-state index in [1.807, 2.05) is 19.1 Å². The molecule has 2 N–H and O–H groups in total. The Morgan fingerprint density at radius 3 is 2.10 bits per heavy atom. The van der Waals surface area contributed by atoms with Crippen LogP contribution in [0.3, 0.4) is 0 Å². The second kappa shape index (κ2) is 7.15. The number of nitrogen functional groups attached to an aromatic ring is 1. The van der Waals surface area contributed by atoms with E-state index in [0.717, 1.165) is 11.6 Å². The molecule has 0 aliphatic heterocycles. The van der Waals surface area contributed by atoms with E-state index in [2.05, 4.69) is 10.2 Å². The number of azo groups is 1. The van der Waals surface area contributed by atoms with Gasteiger partial charge >= 0.3 is 29.6 Å². The SMILES string of the molecule is Cc1ccc(N=Nc2ccc(N)c(S(=O)(=O)[O-])c2)cc1.[Na+]. The number of aryl methyl sites for hydroxylation is 1. The van der Waals surface area contributed by atoms with Gasteiger partial charge in [0.2, 0.25) is 0 Å². The molecule has 2 aromatic rings. The van der Waals surface area contributed by atoms with Crippen LogP contribution in [-0.2, 0) is 10.1 Å². The molecule has 0 aliphatic rings. The van der Waals surface area contributed by atoms with Crippen LogP contribution in [0, 0.1) is 6.92 Å². The molecule has 0 spiro atoms. The van der Waals surface area contributed by atoms with Crippen LogP contribution in [0.25, 0.3) is 0 Å². The van der Waals surface area contributed by atoms with Gasteiger partial charge in [0, 0.05) is 5.69 Å². The van der Waals surface area contributed by atoms with Crippen LogP contribution in [0.4, 0.5) is 17.1 Å². The molecule has 2 aromatic carbocycles. The third-order valence-corrected chi connectivity index (χ3v) is 3.47. The molecule has 0 radical (unpaired) electrons. The summed E-state index contributed by atoms with van der Waals surface area (Å²) in [7, 11) is -4.62. The second-order valence-electron chi connectivity index (χ2n) is 4.21. The summed E-state index contributed by atoms with van der Waals surface area (Å²) in [6, 6.07) is 11.2. The van der Waals surface area contributed by atoms with E-state index in [9.17, 15) is 13.0 Å². The van der Waals surface area contributed by atoms with Crippen LogP contribution in [-0.4, -0.2) is 13.0 Å². The van der Waals surface area contributed by atoms with Crippen LogP contribution in [0.5, 0.6) is 0 Å². The van der Waals surface area contributed by atoms with Crippen molar-refractivity contribution in [2.45, 2.75) is 11.8 Å². The Labute approximate surface area is 145 Å². The minimum atomic E-state index is -4.62. The molecular formula is C13H12N3NaO3S. The van der Waals surface area contributed by atoms with Crippen molar-refractivity contribution in [3.05, 3.63) is 48.0 Å². The van der Waals surface area contributed by atoms with Crippen molar-refractivity contribution < 1.29 is 42.5 Å². The average molecular weight is 313 g/mol. The first-order chi connectivity index (χ1) is 9.36. The monoisotopic (exact) mass is 313 g/mol. The van der Waals surface area contributed by atoms with Gasteiger partial charge in [-0.15, -0.1) is 0 Å². The number of hydrogen-bond donors (Lipinski definition) is 1. The van der Waals surface area contributed by atoms with Gasteiger partial charge in [0.1, 0.15) is 10.1 Å². The zero-order valence-corrected chi connectivity index (χ0v) is 14.5. The van der Waals surface area contributed by atoms with E-state index in [4.69, 9.17) is 5.73 Å². The van der Waals surface area contributed by atoms with Crippen LogP contribution >= 0.6 is 0 Å². The fourth-order valence-electron chi connectivity index (χ4n) is 1.53. The fourth-order valence-corrected chi connectivity index (χ4v) is 2.15. The van der Waals surface area contributed by atoms with Crippen LogP contribution in [0.15, 0.2) is 57.6 Å². The van der Waals surface area contributed by atoms with E-state index in [1.165, 1.54) is 12.1 Å². The van der Waals surface area contributed by atoms with E-state index in [-0.39, 0.29) is 40.9 Å². The fraction of sp³-hybridized carbons (Fsp3) is 0.0769. The first kappa shape index (κ1) is 17.8. The summed E-state index contributed by atoms with van der Waals surface area (Å²) in [5, 5.41) is 7.85. The van der Waals surface area contributed by atoms with Gasteiger partial charge in [-0.25, -0.2) is 8.42 Å². The molecule has 0 aliphatic carbocycles. The average Bonchev–Trinajstić information content (AvgIpc) is 2.38. The predicted molar refractivity (Wildman–Crippen MR) is 74.2 cm³/mol. The molecule has 6 nitrogen and oxygen atoms in total. The Morgan fingerprint density at radius 1 is 1.00 bits per heavy atom. The number of nitrogens with zero attached hydrogens (tertiary/aromatic N) is 2. The number of nitrogens with two attached hydrogens (primary N) is 1. The minimum Gasteiger partial charge on any atom is -0.744 e. The number of rotatable bonds is 3. The Hall–Kier alpha value is -1.25. The summed E-state index contributed by atoms with van der Waals surface area (Å²) in [6.07, 6.45) is 0. The molecule has 2 rings (SSSR count). The van der Waals surface area contributed by atoms with Crippen molar-refractivity contribution in [2.75, 3.05) is 5.73 Å². The van der Waals surface area contributed by atoms with E-state index in [0.29, 0.717) is 5.69 Å². The first-order valence-electron chi connectivity index (χ1n) is 5.70. The van der Waals surface area contributed by atoms with Crippen LogP contribution in [0.1, 0.15) is 5.56 Å². The van der Waals surface area contributed by atoms with Crippen molar-refractivity contribution in [3.63, 3.8) is 0 Å². The van der Waals surface area contributed by atoms with Gasteiger partial charge < -0.3 is 10.3 Å². The van der Waals surface area contributed by atoms with Crippen molar-refractivity contribution in [3.8, 4) is 0 Å². The molecular weight excluding hydrogens is 301 g/mol. The molecule has 0 saturated carbocycles. The summed E-state index contributed by atoms with van der Waals surface area (Å²) >= 11 is 0. The summed E-state index contributed by atoms with van der Waals surface area (Å²) < 4.78 is 33.0. The smallest absolute Gasteiger partial charge is 0.744 e. The first-order valence-corrected chi connectivity index (χ1v) is 7.11. The van der Waals surface area contributed by atoms with Gasteiger partial charge in [0.05, 0.1) is 16.3 Å². The van der Waals surface area contributed by atoms with Crippen molar-refractivity contribution in [1.82, 2.24) is 0 Å². The van der Waals surface area contributed by atoms with Gasteiger partial charge in [-0.1, -0.05) is 17.7 Å². The Bertz CT molecular complexity index is 759. The molecule has 0 atom stereocenters. The van der Waals surface area contributed by atoms with Crippen LogP contribution < -0.4 is 35.3 Å². The van der Waals surface area contributed by atoms with Crippen molar-refractivity contribution in [1.29, 1.82) is 0 Å². The molecule has 0 amide bonds. The number of anilines is 1. The van der Waals surface area contributed by atoms with Gasteiger partial charge in [0.25, 0.3) is 0 Å². The number of benzene rings is 2. The molecule has 8 heteroatoms. The van der Waals surface area contributed by atoms with Crippen molar-refractivity contribution >= 4 is 27.2 Å². The zero-order chi connectivity index (χ0) is 14.8. The van der Waals surface area contributed by atoms with Gasteiger partial charge in [-0.05, 0) is 37.3 Å². The molecule has 0 saturated heterocycles. The molecule has 0 bridgehead atoms. The topological polar surface area (TPSA) is 108 Å². The molecule has 0 heterocycles. The maximum absolute atomic E-state index is 11.0. The minimum absolute atomic E-state index is 0. The normalized spacial score (nSPS) is 11.3. The maximum Gasteiger partial charge on any atom is 1.00 e. The Morgan fingerprint density at radius 2 is 1.52 bits per heavy atom. The summed E-state index contributed by atoms with van der Waals surface area (Å²) in [4.78, 5) is -0.488. The third-order valence-electron chi connectivity index (χ3n) is 2.58. The molecule has 0 fully saturated rings. The van der Waals surface area contributed by atoms with E-state index >= 15 is 0 Å². The van der Waals surface area contributed by atoms with Gasteiger partial charge in [0.15, 0.2) is 0 Å². The second-order valence-corrected chi connectivity index (χ2v) is 5.56. The Kier molecular flexibility index (Phi) is 6.06. The van der Waals surface area contributed by atoms with E-state index < -0.39 is 15.0 Å². The predicted octanol–water partition coefficient (Wildman–Crippen LogP) is -0.0993. The number of hydrogen-bond acceptors (Lipinski definition) is 6. The summed E-state index contributed by atoms with van der Waals surface area (Å²) in [5.41, 5.74) is 7.31. The van der Waals surface area contributed by atoms with E-state index in [1.54, 1.807) is 12.1 Å². The van der Waals surface area contributed by atoms with Crippen molar-refractivity contribution in [2.24, 2.45) is 10.2 Å². The standard InChI is InChI=1S/C13H13N3O3S.Na/c1-9-2-4-10(5-3-9)15-16-11-6-7-12(14)13(8-11)20(17,18)19;/h2-8H,14H2,1H3,(H,17,18,19);/q;+1/p-1. The maximum atomic E-state index is 11.0.